The van der Waals surface area contributed by atoms with Gasteiger partial charge in [0.15, 0.2) is 5.13 Å². The molecule has 3 aromatic rings. The monoisotopic (exact) mass is 339 g/mol. The van der Waals surface area contributed by atoms with Gasteiger partial charge < -0.3 is 10.6 Å². The van der Waals surface area contributed by atoms with Crippen molar-refractivity contribution in [2.45, 2.75) is 19.9 Å². The van der Waals surface area contributed by atoms with Gasteiger partial charge in [0.1, 0.15) is 5.82 Å². The fraction of sp³-hybridized carbons (Fsp3) is 0.176. The van der Waals surface area contributed by atoms with Gasteiger partial charge in [0.05, 0.1) is 12.1 Å². The van der Waals surface area contributed by atoms with Crippen molar-refractivity contribution in [2.24, 2.45) is 0 Å². The molecule has 3 heterocycles. The van der Waals surface area contributed by atoms with E-state index in [1.165, 1.54) is 11.3 Å². The number of thiazole rings is 1. The maximum atomic E-state index is 12.0. The van der Waals surface area contributed by atoms with Crippen molar-refractivity contribution in [2.75, 3.05) is 5.32 Å². The summed E-state index contributed by atoms with van der Waals surface area (Å²) in [6.45, 7) is 2.40. The molecule has 0 aliphatic heterocycles. The van der Waals surface area contributed by atoms with Crippen molar-refractivity contribution in [1.82, 2.24) is 20.3 Å². The van der Waals surface area contributed by atoms with Gasteiger partial charge in [0, 0.05) is 30.0 Å². The highest BCUT2D eigenvalue weighted by Crippen LogP contribution is 2.20. The summed E-state index contributed by atoms with van der Waals surface area (Å²) in [4.78, 5) is 24.8. The number of anilines is 2. The number of rotatable bonds is 6. The van der Waals surface area contributed by atoms with Crippen LogP contribution in [0.1, 0.15) is 17.0 Å². The SMILES string of the molecule is Cc1cccc(Nc2nc(CC(=O)NCc3cccnc3)cs2)n1. The molecule has 0 atom stereocenters. The molecular formula is C17H17N5OS. The molecule has 0 saturated carbocycles. The Morgan fingerprint density at radius 2 is 2.12 bits per heavy atom. The van der Waals surface area contributed by atoms with Gasteiger partial charge in [-0.2, -0.15) is 0 Å². The molecule has 0 unspecified atom stereocenters. The fourth-order valence-corrected chi connectivity index (χ4v) is 2.82. The first-order chi connectivity index (χ1) is 11.7. The first-order valence-corrected chi connectivity index (χ1v) is 8.38. The van der Waals surface area contributed by atoms with Crippen LogP contribution in [0, 0.1) is 6.92 Å². The van der Waals surface area contributed by atoms with E-state index < -0.39 is 0 Å². The minimum Gasteiger partial charge on any atom is -0.352 e. The van der Waals surface area contributed by atoms with E-state index in [1.54, 1.807) is 12.4 Å². The number of nitrogens with zero attached hydrogens (tertiary/aromatic N) is 3. The molecule has 3 rings (SSSR count). The number of amides is 1. The van der Waals surface area contributed by atoms with E-state index in [0.717, 1.165) is 27.9 Å². The van der Waals surface area contributed by atoms with Gasteiger partial charge in [0.2, 0.25) is 5.91 Å². The molecule has 0 radical (unpaired) electrons. The maximum absolute atomic E-state index is 12.0. The van der Waals surface area contributed by atoms with Gasteiger partial charge in [-0.25, -0.2) is 9.97 Å². The van der Waals surface area contributed by atoms with E-state index >= 15 is 0 Å². The Morgan fingerprint density at radius 3 is 2.92 bits per heavy atom. The predicted molar refractivity (Wildman–Crippen MR) is 94.2 cm³/mol. The molecule has 6 nitrogen and oxygen atoms in total. The highest BCUT2D eigenvalue weighted by atomic mass is 32.1. The van der Waals surface area contributed by atoms with Gasteiger partial charge in [0.25, 0.3) is 0 Å². The Morgan fingerprint density at radius 1 is 1.21 bits per heavy atom. The Bertz CT molecular complexity index is 819. The summed E-state index contributed by atoms with van der Waals surface area (Å²) in [7, 11) is 0. The standard InChI is InChI=1S/C17H17N5OS/c1-12-4-2-6-15(20-12)22-17-21-14(11-24-17)8-16(23)19-10-13-5-3-7-18-9-13/h2-7,9,11H,8,10H2,1H3,(H,19,23)(H,20,21,22). The lowest BCUT2D eigenvalue weighted by Crippen LogP contribution is -2.24. The van der Waals surface area contributed by atoms with E-state index in [9.17, 15) is 4.79 Å². The Balaban J connectivity index is 1.53. The van der Waals surface area contributed by atoms with Crippen LogP contribution in [0.5, 0.6) is 0 Å². The highest BCUT2D eigenvalue weighted by Gasteiger charge is 2.08. The van der Waals surface area contributed by atoms with Crippen LogP contribution in [0.2, 0.25) is 0 Å². The van der Waals surface area contributed by atoms with Crippen LogP contribution in [0.15, 0.2) is 48.1 Å². The molecule has 0 aliphatic carbocycles. The molecule has 122 valence electrons. The van der Waals surface area contributed by atoms with Gasteiger partial charge in [-0.3, -0.25) is 9.78 Å². The number of carbonyl (C=O) groups is 1. The molecule has 0 spiro atoms. The maximum Gasteiger partial charge on any atom is 0.226 e. The predicted octanol–water partition coefficient (Wildman–Crippen LogP) is 2.84. The molecule has 0 fully saturated rings. The average molecular weight is 339 g/mol. The normalized spacial score (nSPS) is 10.4. The number of nitrogens with one attached hydrogen (secondary N) is 2. The third-order valence-corrected chi connectivity index (χ3v) is 4.04. The summed E-state index contributed by atoms with van der Waals surface area (Å²) < 4.78 is 0. The van der Waals surface area contributed by atoms with Crippen molar-refractivity contribution >= 4 is 28.2 Å². The quantitative estimate of drug-likeness (QED) is 0.722. The van der Waals surface area contributed by atoms with Crippen LogP contribution in [-0.4, -0.2) is 20.9 Å². The second-order valence-electron chi connectivity index (χ2n) is 5.25. The van der Waals surface area contributed by atoms with Crippen LogP contribution in [0.25, 0.3) is 0 Å². The highest BCUT2D eigenvalue weighted by molar-refractivity contribution is 7.13. The molecule has 0 saturated heterocycles. The second kappa shape index (κ2) is 7.65. The molecule has 3 aromatic heterocycles. The molecule has 24 heavy (non-hydrogen) atoms. The van der Waals surface area contributed by atoms with Crippen molar-refractivity contribution in [3.8, 4) is 0 Å². The zero-order chi connectivity index (χ0) is 16.8. The smallest absolute Gasteiger partial charge is 0.226 e. The largest absolute Gasteiger partial charge is 0.352 e. The Hall–Kier alpha value is -2.80. The first kappa shape index (κ1) is 16.1. The van der Waals surface area contributed by atoms with E-state index in [1.807, 2.05) is 42.6 Å². The third kappa shape index (κ3) is 4.60. The molecule has 0 aromatic carbocycles. The number of pyridine rings is 2. The van der Waals surface area contributed by atoms with Crippen molar-refractivity contribution in [1.29, 1.82) is 0 Å². The van der Waals surface area contributed by atoms with Gasteiger partial charge in [-0.15, -0.1) is 11.3 Å². The topological polar surface area (TPSA) is 79.8 Å². The zero-order valence-corrected chi connectivity index (χ0v) is 14.0. The lowest BCUT2D eigenvalue weighted by Gasteiger charge is -2.04. The molecule has 1 amide bonds. The summed E-state index contributed by atoms with van der Waals surface area (Å²) in [5.41, 5.74) is 2.64. The van der Waals surface area contributed by atoms with Crippen molar-refractivity contribution < 1.29 is 4.79 Å². The van der Waals surface area contributed by atoms with Crippen molar-refractivity contribution in [3.63, 3.8) is 0 Å². The lowest BCUT2D eigenvalue weighted by molar-refractivity contribution is -0.120. The molecular weight excluding hydrogens is 322 g/mol. The molecule has 7 heteroatoms. The van der Waals surface area contributed by atoms with E-state index in [0.29, 0.717) is 6.54 Å². The van der Waals surface area contributed by atoms with E-state index in [4.69, 9.17) is 0 Å². The van der Waals surface area contributed by atoms with Gasteiger partial charge in [-0.1, -0.05) is 12.1 Å². The van der Waals surface area contributed by atoms with Crippen LogP contribution in [-0.2, 0) is 17.8 Å². The molecule has 0 bridgehead atoms. The van der Waals surface area contributed by atoms with Crippen LogP contribution < -0.4 is 10.6 Å². The van der Waals surface area contributed by atoms with E-state index in [2.05, 4.69) is 25.6 Å². The van der Waals surface area contributed by atoms with E-state index in [-0.39, 0.29) is 12.3 Å². The summed E-state index contributed by atoms with van der Waals surface area (Å²) in [5.74, 6) is 0.682. The van der Waals surface area contributed by atoms with Crippen molar-refractivity contribution in [3.05, 3.63) is 65.1 Å². The molecule has 2 N–H and O–H groups in total. The Labute approximate surface area is 144 Å². The summed E-state index contributed by atoms with van der Waals surface area (Å²) in [6.07, 6.45) is 3.69. The minimum absolute atomic E-state index is 0.0654. The summed E-state index contributed by atoms with van der Waals surface area (Å²) in [5, 5.41) is 8.62. The number of carbonyl (C=O) groups excluding carboxylic acids is 1. The fourth-order valence-electron chi connectivity index (χ4n) is 2.10. The lowest BCUT2D eigenvalue weighted by atomic mass is 10.2. The number of aromatic nitrogens is 3. The third-order valence-electron chi connectivity index (χ3n) is 3.23. The first-order valence-electron chi connectivity index (χ1n) is 7.50. The second-order valence-corrected chi connectivity index (χ2v) is 6.11. The van der Waals surface area contributed by atoms with Crippen LogP contribution in [0.4, 0.5) is 10.9 Å². The Kier molecular flexibility index (Phi) is 5.12. The van der Waals surface area contributed by atoms with Gasteiger partial charge >= 0.3 is 0 Å². The van der Waals surface area contributed by atoms with Crippen LogP contribution in [0.3, 0.4) is 0 Å². The summed E-state index contributed by atoms with van der Waals surface area (Å²) in [6, 6.07) is 9.52. The minimum atomic E-state index is -0.0654. The average Bonchev–Trinajstić information content (AvgIpc) is 3.01. The number of hydrogen-bond acceptors (Lipinski definition) is 6. The molecule has 0 aliphatic rings. The number of hydrogen-bond donors (Lipinski definition) is 2. The summed E-state index contributed by atoms with van der Waals surface area (Å²) >= 11 is 1.45. The zero-order valence-electron chi connectivity index (χ0n) is 13.2. The number of aryl methyl sites for hydroxylation is 1. The van der Waals surface area contributed by atoms with Crippen LogP contribution >= 0.6 is 11.3 Å². The van der Waals surface area contributed by atoms with Gasteiger partial charge in [-0.05, 0) is 30.7 Å².